The number of aryl methyl sites for hydroxylation is 1. The Labute approximate surface area is 241 Å². The van der Waals surface area contributed by atoms with Crippen LogP contribution in [-0.2, 0) is 16.0 Å². The van der Waals surface area contributed by atoms with Gasteiger partial charge in [-0.25, -0.2) is 0 Å². The number of rotatable bonds is 20. The van der Waals surface area contributed by atoms with Crippen molar-refractivity contribution in [3.8, 4) is 5.75 Å². The number of carbonyl (C=O) groups is 2. The van der Waals surface area contributed by atoms with Gasteiger partial charge < -0.3 is 9.84 Å². The summed E-state index contributed by atoms with van der Waals surface area (Å²) in [7, 11) is 0. The number of carboxylic acid groups (broad SMARTS) is 1. The van der Waals surface area contributed by atoms with Crippen molar-refractivity contribution in [2.24, 2.45) is 5.92 Å². The van der Waals surface area contributed by atoms with Gasteiger partial charge in [-0.15, -0.1) is 0 Å². The van der Waals surface area contributed by atoms with E-state index in [2.05, 4.69) is 32.0 Å². The van der Waals surface area contributed by atoms with E-state index in [1.165, 1.54) is 76.2 Å². The lowest BCUT2D eigenvalue weighted by Crippen LogP contribution is -2.21. The number of aliphatic carboxylic acids is 1. The molecule has 0 spiro atoms. The Morgan fingerprint density at radius 3 is 1.88 bits per heavy atom. The van der Waals surface area contributed by atoms with E-state index < -0.39 is 17.9 Å². The van der Waals surface area contributed by atoms with Crippen molar-refractivity contribution in [3.05, 3.63) is 54.1 Å². The molecule has 0 saturated heterocycles. The van der Waals surface area contributed by atoms with Crippen molar-refractivity contribution < 1.29 is 19.4 Å². The second-order valence-corrected chi connectivity index (χ2v) is 11.4. The van der Waals surface area contributed by atoms with Crippen molar-refractivity contribution in [1.29, 1.82) is 0 Å². The summed E-state index contributed by atoms with van der Waals surface area (Å²) >= 11 is 0. The zero-order chi connectivity index (χ0) is 28.6. The summed E-state index contributed by atoms with van der Waals surface area (Å²) < 4.78 is 5.92. The highest BCUT2D eigenvalue weighted by Crippen LogP contribution is 2.36. The lowest BCUT2D eigenvalue weighted by atomic mass is 9.97. The molecule has 0 aliphatic carbocycles. The maximum atomic E-state index is 13.0. The SMILES string of the molecule is CCCCCCCCCCCCCCCCC(CC(=O)Oc1c2ccccc2cc2cc(CC)ccc12)C(=O)O. The maximum absolute atomic E-state index is 13.0. The van der Waals surface area contributed by atoms with Gasteiger partial charge in [0.25, 0.3) is 0 Å². The van der Waals surface area contributed by atoms with Gasteiger partial charge in [-0.05, 0) is 35.2 Å². The van der Waals surface area contributed by atoms with Crippen molar-refractivity contribution in [2.45, 2.75) is 123 Å². The van der Waals surface area contributed by atoms with Crippen LogP contribution in [0.1, 0.15) is 122 Å². The number of hydrogen-bond donors (Lipinski definition) is 1. The number of hydrogen-bond acceptors (Lipinski definition) is 3. The van der Waals surface area contributed by atoms with E-state index in [-0.39, 0.29) is 6.42 Å². The second-order valence-electron chi connectivity index (χ2n) is 11.4. The molecule has 0 saturated carbocycles. The molecule has 4 nitrogen and oxygen atoms in total. The molecule has 1 atom stereocenters. The molecule has 0 fully saturated rings. The van der Waals surface area contributed by atoms with Crippen LogP contribution in [0.3, 0.4) is 0 Å². The molecule has 3 aromatic rings. The lowest BCUT2D eigenvalue weighted by Gasteiger charge is -2.15. The Morgan fingerprint density at radius 2 is 1.27 bits per heavy atom. The molecular weight excluding hydrogens is 496 g/mol. The molecular formula is C36H50O4. The van der Waals surface area contributed by atoms with Crippen LogP contribution in [0.5, 0.6) is 5.75 Å². The van der Waals surface area contributed by atoms with Gasteiger partial charge in [-0.2, -0.15) is 0 Å². The highest BCUT2D eigenvalue weighted by molar-refractivity contribution is 6.06. The highest BCUT2D eigenvalue weighted by Gasteiger charge is 2.23. The summed E-state index contributed by atoms with van der Waals surface area (Å²) in [6.07, 6.45) is 19.0. The van der Waals surface area contributed by atoms with Gasteiger partial charge >= 0.3 is 11.9 Å². The number of fused-ring (bicyclic) bond motifs is 2. The molecule has 0 heterocycles. The number of esters is 1. The number of benzene rings is 3. The minimum Gasteiger partial charge on any atom is -0.481 e. The van der Waals surface area contributed by atoms with Crippen LogP contribution in [0.25, 0.3) is 21.5 Å². The molecule has 0 aliphatic rings. The normalized spacial score (nSPS) is 12.2. The maximum Gasteiger partial charge on any atom is 0.312 e. The first-order chi connectivity index (χ1) is 19.5. The lowest BCUT2D eigenvalue weighted by molar-refractivity contribution is -0.147. The average Bonchev–Trinajstić information content (AvgIpc) is 2.96. The van der Waals surface area contributed by atoms with Crippen LogP contribution in [0.15, 0.2) is 48.5 Å². The van der Waals surface area contributed by atoms with Crippen LogP contribution < -0.4 is 4.74 Å². The summed E-state index contributed by atoms with van der Waals surface area (Å²) in [4.78, 5) is 24.9. The van der Waals surface area contributed by atoms with Crippen LogP contribution in [0.2, 0.25) is 0 Å². The van der Waals surface area contributed by atoms with Gasteiger partial charge in [0, 0.05) is 10.8 Å². The summed E-state index contributed by atoms with van der Waals surface area (Å²) in [6.45, 7) is 4.38. The highest BCUT2D eigenvalue weighted by atomic mass is 16.5. The Morgan fingerprint density at radius 1 is 0.700 bits per heavy atom. The van der Waals surface area contributed by atoms with Crippen molar-refractivity contribution in [1.82, 2.24) is 0 Å². The summed E-state index contributed by atoms with van der Waals surface area (Å²) in [5.74, 6) is -1.57. The fourth-order valence-corrected chi connectivity index (χ4v) is 5.67. The average molecular weight is 547 g/mol. The van der Waals surface area contributed by atoms with Gasteiger partial charge in [0.15, 0.2) is 0 Å². The molecule has 1 N–H and O–H groups in total. The third kappa shape index (κ3) is 10.3. The smallest absolute Gasteiger partial charge is 0.312 e. The Balaban J connectivity index is 1.42. The van der Waals surface area contributed by atoms with Crippen LogP contribution in [0.4, 0.5) is 0 Å². The number of unbranched alkanes of at least 4 members (excludes halogenated alkanes) is 13. The zero-order valence-corrected chi connectivity index (χ0v) is 24.9. The van der Waals surface area contributed by atoms with Gasteiger partial charge in [0.2, 0.25) is 0 Å². The number of carboxylic acids is 1. The minimum absolute atomic E-state index is 0.106. The van der Waals surface area contributed by atoms with E-state index in [4.69, 9.17) is 4.74 Å². The molecule has 218 valence electrons. The summed E-state index contributed by atoms with van der Waals surface area (Å²) in [5.41, 5.74) is 1.22. The van der Waals surface area contributed by atoms with E-state index in [0.29, 0.717) is 12.2 Å². The molecule has 0 aromatic heterocycles. The zero-order valence-electron chi connectivity index (χ0n) is 24.9. The Hall–Kier alpha value is -2.88. The number of ether oxygens (including phenoxy) is 1. The van der Waals surface area contributed by atoms with Crippen molar-refractivity contribution in [3.63, 3.8) is 0 Å². The predicted octanol–water partition coefficient (Wildman–Crippen LogP) is 10.4. The minimum atomic E-state index is -0.915. The third-order valence-electron chi connectivity index (χ3n) is 8.17. The largest absolute Gasteiger partial charge is 0.481 e. The molecule has 1 unspecified atom stereocenters. The van der Waals surface area contributed by atoms with Crippen LogP contribution in [-0.4, -0.2) is 17.0 Å². The van der Waals surface area contributed by atoms with Crippen LogP contribution in [0, 0.1) is 5.92 Å². The van der Waals surface area contributed by atoms with Gasteiger partial charge in [0.1, 0.15) is 5.75 Å². The molecule has 4 heteroatoms. The molecule has 40 heavy (non-hydrogen) atoms. The third-order valence-corrected chi connectivity index (χ3v) is 8.17. The predicted molar refractivity (Wildman–Crippen MR) is 167 cm³/mol. The first kappa shape index (κ1) is 31.6. The van der Waals surface area contributed by atoms with E-state index in [1.807, 2.05) is 30.3 Å². The number of carbonyl (C=O) groups excluding carboxylic acids is 1. The molecule has 0 amide bonds. The molecule has 0 bridgehead atoms. The van der Waals surface area contributed by atoms with Crippen LogP contribution >= 0.6 is 0 Å². The van der Waals surface area contributed by atoms with E-state index in [0.717, 1.165) is 47.2 Å². The molecule has 3 aromatic carbocycles. The monoisotopic (exact) mass is 546 g/mol. The Kier molecular flexibility index (Phi) is 14.0. The van der Waals surface area contributed by atoms with Crippen molar-refractivity contribution >= 4 is 33.5 Å². The summed E-state index contributed by atoms with van der Waals surface area (Å²) in [6, 6.07) is 16.2. The van der Waals surface area contributed by atoms with E-state index in [9.17, 15) is 14.7 Å². The molecule has 0 radical (unpaired) electrons. The van der Waals surface area contributed by atoms with E-state index in [1.54, 1.807) is 0 Å². The van der Waals surface area contributed by atoms with Gasteiger partial charge in [-0.1, -0.05) is 146 Å². The topological polar surface area (TPSA) is 63.6 Å². The second kappa shape index (κ2) is 17.7. The fraction of sp³-hybridized carbons (Fsp3) is 0.556. The Bertz CT molecular complexity index is 1200. The quantitative estimate of drug-likeness (QED) is 0.0662. The van der Waals surface area contributed by atoms with Gasteiger partial charge in [0.05, 0.1) is 12.3 Å². The fourth-order valence-electron chi connectivity index (χ4n) is 5.67. The first-order valence-corrected chi connectivity index (χ1v) is 15.9. The van der Waals surface area contributed by atoms with Gasteiger partial charge in [-0.3, -0.25) is 9.59 Å². The first-order valence-electron chi connectivity index (χ1n) is 15.9. The summed E-state index contributed by atoms with van der Waals surface area (Å²) in [5, 5.41) is 13.6. The standard InChI is InChI=1S/C36H50O4/c1-3-5-6-7-8-9-10-11-12-13-14-15-16-17-21-30(36(38)39)27-34(37)40-35-32-22-19-18-20-29(32)26-31-25-28(4-2)23-24-33(31)35/h18-20,22-26,30H,3-17,21,27H2,1-2H3,(H,38,39). The molecule has 0 aliphatic heterocycles. The molecule has 3 rings (SSSR count). The van der Waals surface area contributed by atoms with E-state index >= 15 is 0 Å². The van der Waals surface area contributed by atoms with Crippen molar-refractivity contribution in [2.75, 3.05) is 0 Å².